The first-order valence-electron chi connectivity index (χ1n) is 6.34. The Morgan fingerprint density at radius 2 is 2.00 bits per heavy atom. The highest BCUT2D eigenvalue weighted by molar-refractivity contribution is 5.88. The zero-order valence-corrected chi connectivity index (χ0v) is 11.2. The molecule has 0 spiro atoms. The van der Waals surface area contributed by atoms with Gasteiger partial charge in [-0.25, -0.2) is 14.8 Å². The van der Waals surface area contributed by atoms with Crippen LogP contribution in [0.5, 0.6) is 0 Å². The van der Waals surface area contributed by atoms with E-state index in [0.29, 0.717) is 30.3 Å². The van der Waals surface area contributed by atoms with Gasteiger partial charge in [0.1, 0.15) is 17.7 Å². The summed E-state index contributed by atoms with van der Waals surface area (Å²) in [6, 6.07) is 10.3. The molecule has 0 aliphatic heterocycles. The Morgan fingerprint density at radius 1 is 1.14 bits per heavy atom. The van der Waals surface area contributed by atoms with E-state index in [-0.39, 0.29) is 6.03 Å². The maximum Gasteiger partial charge on any atom is 0.320 e. The third-order valence-corrected chi connectivity index (χ3v) is 2.54. The monoisotopic (exact) mass is 282 g/mol. The van der Waals surface area contributed by atoms with Crippen LogP contribution in [0.1, 0.15) is 5.56 Å². The molecule has 3 N–H and O–H groups in total. The fourth-order valence-electron chi connectivity index (χ4n) is 1.59. The van der Waals surface area contributed by atoms with Crippen LogP contribution in [-0.4, -0.2) is 29.1 Å². The number of aromatic nitrogens is 2. The molecule has 2 rings (SSSR count). The van der Waals surface area contributed by atoms with Crippen LogP contribution in [0, 0.1) is 11.3 Å². The summed E-state index contributed by atoms with van der Waals surface area (Å²) in [6.07, 6.45) is 3.20. The van der Waals surface area contributed by atoms with Gasteiger partial charge in [-0.05, 0) is 24.3 Å². The van der Waals surface area contributed by atoms with E-state index < -0.39 is 0 Å². The Bertz CT molecular complexity index is 637. The average molecular weight is 282 g/mol. The molecule has 7 heteroatoms. The predicted octanol–water partition coefficient (Wildman–Crippen LogP) is 1.58. The first-order chi connectivity index (χ1) is 10.3. The maximum atomic E-state index is 11.6. The van der Waals surface area contributed by atoms with Crippen LogP contribution in [0.15, 0.2) is 42.7 Å². The van der Waals surface area contributed by atoms with Gasteiger partial charge in [0.05, 0.1) is 5.56 Å². The normalized spacial score (nSPS) is 9.48. The Balaban J connectivity index is 1.72. The number of carbonyl (C=O) groups is 1. The van der Waals surface area contributed by atoms with Crippen LogP contribution in [0.4, 0.5) is 16.4 Å². The number of amides is 2. The van der Waals surface area contributed by atoms with Crippen LogP contribution in [0.3, 0.4) is 0 Å². The van der Waals surface area contributed by atoms with Gasteiger partial charge in [-0.2, -0.15) is 5.26 Å². The number of nitrogens with zero attached hydrogens (tertiary/aromatic N) is 3. The molecule has 106 valence electrons. The molecule has 0 aliphatic carbocycles. The second-order valence-corrected chi connectivity index (χ2v) is 4.03. The van der Waals surface area contributed by atoms with Crippen LogP contribution in [-0.2, 0) is 0 Å². The van der Waals surface area contributed by atoms with Gasteiger partial charge in [-0.15, -0.1) is 0 Å². The summed E-state index contributed by atoms with van der Waals surface area (Å²) < 4.78 is 0. The lowest BCUT2D eigenvalue weighted by Gasteiger charge is -2.09. The zero-order chi connectivity index (χ0) is 14.9. The fourth-order valence-corrected chi connectivity index (χ4v) is 1.59. The van der Waals surface area contributed by atoms with E-state index in [0.717, 1.165) is 0 Å². The number of hydrogen-bond acceptors (Lipinski definition) is 5. The molecule has 0 bridgehead atoms. The van der Waals surface area contributed by atoms with E-state index in [4.69, 9.17) is 5.26 Å². The first-order valence-corrected chi connectivity index (χ1v) is 6.34. The van der Waals surface area contributed by atoms with Crippen LogP contribution in [0.25, 0.3) is 0 Å². The molecule has 0 saturated heterocycles. The van der Waals surface area contributed by atoms with Crippen molar-refractivity contribution in [3.63, 3.8) is 0 Å². The molecule has 2 heterocycles. The molecular weight excluding hydrogens is 268 g/mol. The molecule has 0 radical (unpaired) electrons. The smallest absolute Gasteiger partial charge is 0.320 e. The molecule has 7 nitrogen and oxygen atoms in total. The number of carbonyl (C=O) groups excluding carboxylic acids is 1. The van der Waals surface area contributed by atoms with E-state index in [1.165, 1.54) is 0 Å². The summed E-state index contributed by atoms with van der Waals surface area (Å²) in [5.74, 6) is 0.992. The number of anilines is 2. The molecule has 21 heavy (non-hydrogen) atoms. The average Bonchev–Trinajstić information content (AvgIpc) is 2.53. The van der Waals surface area contributed by atoms with Crippen molar-refractivity contribution in [2.45, 2.75) is 0 Å². The number of nitrogens with one attached hydrogen (secondary N) is 3. The van der Waals surface area contributed by atoms with Gasteiger partial charge < -0.3 is 10.6 Å². The van der Waals surface area contributed by atoms with Gasteiger partial charge in [0.15, 0.2) is 0 Å². The lowest BCUT2D eigenvalue weighted by molar-refractivity contribution is 0.252. The largest absolute Gasteiger partial charge is 0.367 e. The molecule has 0 saturated carbocycles. The summed E-state index contributed by atoms with van der Waals surface area (Å²) in [5, 5.41) is 17.2. The second kappa shape index (κ2) is 7.45. The Kier molecular flexibility index (Phi) is 5.06. The minimum Gasteiger partial charge on any atom is -0.367 e. The van der Waals surface area contributed by atoms with Crippen molar-refractivity contribution in [3.05, 3.63) is 48.3 Å². The maximum absolute atomic E-state index is 11.6. The summed E-state index contributed by atoms with van der Waals surface area (Å²) in [5.41, 5.74) is 0.468. The van der Waals surface area contributed by atoms with Crippen molar-refractivity contribution < 1.29 is 4.79 Å². The Labute approximate surface area is 122 Å². The summed E-state index contributed by atoms with van der Waals surface area (Å²) in [4.78, 5) is 19.6. The SMILES string of the molecule is N#Cc1cccnc1NCCNC(=O)Nc1ccccn1. The number of pyridine rings is 2. The molecule has 2 amide bonds. The summed E-state index contributed by atoms with van der Waals surface area (Å²) >= 11 is 0. The van der Waals surface area contributed by atoms with Gasteiger partial charge in [0.25, 0.3) is 0 Å². The van der Waals surface area contributed by atoms with Crippen LogP contribution >= 0.6 is 0 Å². The topological polar surface area (TPSA) is 103 Å². The van der Waals surface area contributed by atoms with Crippen LogP contribution < -0.4 is 16.0 Å². The highest BCUT2D eigenvalue weighted by atomic mass is 16.2. The molecule has 0 unspecified atom stereocenters. The van der Waals surface area contributed by atoms with Crippen molar-refractivity contribution in [2.75, 3.05) is 23.7 Å². The predicted molar refractivity (Wildman–Crippen MR) is 78.7 cm³/mol. The minimum absolute atomic E-state index is 0.336. The Morgan fingerprint density at radius 3 is 2.76 bits per heavy atom. The van der Waals surface area contributed by atoms with E-state index in [9.17, 15) is 4.79 Å². The third-order valence-electron chi connectivity index (χ3n) is 2.54. The van der Waals surface area contributed by atoms with Crippen molar-refractivity contribution in [2.24, 2.45) is 0 Å². The number of nitriles is 1. The van der Waals surface area contributed by atoms with E-state index in [1.807, 2.05) is 6.07 Å². The lowest BCUT2D eigenvalue weighted by atomic mass is 10.3. The number of urea groups is 1. The van der Waals surface area contributed by atoms with Crippen molar-refractivity contribution in [3.8, 4) is 6.07 Å². The fraction of sp³-hybridized carbons (Fsp3) is 0.143. The van der Waals surface area contributed by atoms with Gasteiger partial charge in [-0.1, -0.05) is 6.07 Å². The van der Waals surface area contributed by atoms with Gasteiger partial charge >= 0.3 is 6.03 Å². The third kappa shape index (κ3) is 4.47. The van der Waals surface area contributed by atoms with Gasteiger partial charge in [-0.3, -0.25) is 5.32 Å². The van der Waals surface area contributed by atoms with E-state index >= 15 is 0 Å². The zero-order valence-electron chi connectivity index (χ0n) is 11.2. The van der Waals surface area contributed by atoms with Gasteiger partial charge in [0.2, 0.25) is 0 Å². The van der Waals surface area contributed by atoms with Gasteiger partial charge in [0, 0.05) is 25.5 Å². The quantitative estimate of drug-likeness (QED) is 0.722. The number of rotatable bonds is 5. The minimum atomic E-state index is -0.336. The molecule has 0 fully saturated rings. The number of hydrogen-bond donors (Lipinski definition) is 3. The molecule has 0 aromatic carbocycles. The molecule has 2 aromatic rings. The van der Waals surface area contributed by atoms with Crippen molar-refractivity contribution in [1.29, 1.82) is 5.26 Å². The summed E-state index contributed by atoms with van der Waals surface area (Å²) in [7, 11) is 0. The standard InChI is InChI=1S/C14H14N6O/c15-10-11-4-3-7-17-13(11)18-8-9-19-14(21)20-12-5-1-2-6-16-12/h1-7H,8-9H2,(H,17,18)(H2,16,19,20,21). The molecule has 2 aromatic heterocycles. The van der Waals surface area contributed by atoms with Crippen molar-refractivity contribution >= 4 is 17.7 Å². The highest BCUT2D eigenvalue weighted by Gasteiger charge is 2.03. The second-order valence-electron chi connectivity index (χ2n) is 4.03. The molecule has 0 atom stereocenters. The van der Waals surface area contributed by atoms with Crippen LogP contribution in [0.2, 0.25) is 0 Å². The van der Waals surface area contributed by atoms with E-state index in [2.05, 4.69) is 25.9 Å². The van der Waals surface area contributed by atoms with Crippen molar-refractivity contribution in [1.82, 2.24) is 15.3 Å². The first kappa shape index (κ1) is 14.3. The Hall–Kier alpha value is -3.14. The van der Waals surface area contributed by atoms with E-state index in [1.54, 1.807) is 42.7 Å². The lowest BCUT2D eigenvalue weighted by Crippen LogP contribution is -2.33. The summed E-state index contributed by atoms with van der Waals surface area (Å²) in [6.45, 7) is 0.849. The molecule has 0 aliphatic rings. The molecular formula is C14H14N6O. The highest BCUT2D eigenvalue weighted by Crippen LogP contribution is 2.08.